The van der Waals surface area contributed by atoms with Gasteiger partial charge in [0.1, 0.15) is 11.2 Å². The molecule has 0 radical (unpaired) electrons. The Kier molecular flexibility index (Phi) is 5.77. The van der Waals surface area contributed by atoms with E-state index < -0.39 is 0 Å². The van der Waals surface area contributed by atoms with E-state index >= 15 is 0 Å². The van der Waals surface area contributed by atoms with Crippen LogP contribution in [0.1, 0.15) is 5.56 Å². The van der Waals surface area contributed by atoms with Crippen molar-refractivity contribution in [3.63, 3.8) is 0 Å². The van der Waals surface area contributed by atoms with Gasteiger partial charge in [-0.1, -0.05) is 91.0 Å². The standard InChI is InChI=1S/C38H22N4O/c39-23-24-15-17-27(18-16-24)37-40-36(26-11-5-2-6-12-26)41-38(42-37)28-19-20-30-33-22-32(25-9-3-1-4-10-25)29-13-7-8-14-31(29)35(33)43-34(30)21-28/h1-22H. The Balaban J connectivity index is 1.32. The predicted molar refractivity (Wildman–Crippen MR) is 171 cm³/mol. The molecule has 6 aromatic carbocycles. The third-order valence-corrected chi connectivity index (χ3v) is 7.76. The summed E-state index contributed by atoms with van der Waals surface area (Å²) in [6, 6.07) is 46.5. The first-order valence-corrected chi connectivity index (χ1v) is 14.0. The van der Waals surface area contributed by atoms with Gasteiger partial charge in [-0.05, 0) is 59.0 Å². The normalized spacial score (nSPS) is 11.2. The van der Waals surface area contributed by atoms with Crippen LogP contribution in [-0.4, -0.2) is 15.0 Å². The summed E-state index contributed by atoms with van der Waals surface area (Å²) in [5, 5.41) is 13.6. The van der Waals surface area contributed by atoms with Gasteiger partial charge in [-0.15, -0.1) is 0 Å². The minimum absolute atomic E-state index is 0.538. The molecule has 8 aromatic rings. The molecule has 0 aliphatic rings. The van der Waals surface area contributed by atoms with Crippen LogP contribution >= 0.6 is 0 Å². The van der Waals surface area contributed by atoms with Gasteiger partial charge in [-0.25, -0.2) is 15.0 Å². The van der Waals surface area contributed by atoms with Crippen molar-refractivity contribution < 1.29 is 4.42 Å². The highest BCUT2D eigenvalue weighted by Gasteiger charge is 2.17. The average molecular weight is 551 g/mol. The van der Waals surface area contributed by atoms with Gasteiger partial charge in [0.15, 0.2) is 17.5 Å². The molecule has 0 saturated carbocycles. The summed E-state index contributed by atoms with van der Waals surface area (Å²) in [5.74, 6) is 1.66. The summed E-state index contributed by atoms with van der Waals surface area (Å²) in [6.07, 6.45) is 0. The van der Waals surface area contributed by atoms with E-state index in [9.17, 15) is 5.26 Å². The zero-order chi connectivity index (χ0) is 28.8. The van der Waals surface area contributed by atoms with Crippen LogP contribution in [0, 0.1) is 11.3 Å². The third-order valence-electron chi connectivity index (χ3n) is 7.76. The molecule has 0 bridgehead atoms. The van der Waals surface area contributed by atoms with Crippen molar-refractivity contribution in [2.75, 3.05) is 0 Å². The fourth-order valence-corrected chi connectivity index (χ4v) is 5.64. The zero-order valence-electron chi connectivity index (χ0n) is 22.9. The number of hydrogen-bond acceptors (Lipinski definition) is 5. The summed E-state index contributed by atoms with van der Waals surface area (Å²) in [7, 11) is 0. The number of aromatic nitrogens is 3. The molecule has 0 N–H and O–H groups in total. The molecule has 5 heteroatoms. The second-order valence-corrected chi connectivity index (χ2v) is 10.4. The topological polar surface area (TPSA) is 75.6 Å². The highest BCUT2D eigenvalue weighted by molar-refractivity contribution is 6.19. The molecule has 0 fully saturated rings. The highest BCUT2D eigenvalue weighted by atomic mass is 16.3. The number of nitriles is 1. The fraction of sp³-hybridized carbons (Fsp3) is 0. The van der Waals surface area contributed by atoms with Crippen LogP contribution in [0.4, 0.5) is 0 Å². The smallest absolute Gasteiger partial charge is 0.164 e. The van der Waals surface area contributed by atoms with Crippen molar-refractivity contribution in [1.82, 2.24) is 15.0 Å². The molecule has 8 rings (SSSR count). The molecule has 0 amide bonds. The summed E-state index contributed by atoms with van der Waals surface area (Å²) in [4.78, 5) is 14.5. The lowest BCUT2D eigenvalue weighted by molar-refractivity contribution is 0.673. The van der Waals surface area contributed by atoms with Crippen LogP contribution in [0.3, 0.4) is 0 Å². The second kappa shape index (κ2) is 10.1. The maximum absolute atomic E-state index is 9.26. The number of rotatable bonds is 4. The largest absolute Gasteiger partial charge is 0.455 e. The quantitative estimate of drug-likeness (QED) is 0.218. The van der Waals surface area contributed by atoms with Crippen molar-refractivity contribution in [1.29, 1.82) is 5.26 Å². The molecule has 0 spiro atoms. The number of hydrogen-bond donors (Lipinski definition) is 0. The molecule has 43 heavy (non-hydrogen) atoms. The van der Waals surface area contributed by atoms with Gasteiger partial charge in [0.25, 0.3) is 0 Å². The number of furan rings is 1. The van der Waals surface area contributed by atoms with Gasteiger partial charge < -0.3 is 4.42 Å². The van der Waals surface area contributed by atoms with Gasteiger partial charge >= 0.3 is 0 Å². The Labute approximate surface area is 247 Å². The molecular formula is C38H22N4O. The number of benzene rings is 6. The number of nitrogens with zero attached hydrogens (tertiary/aromatic N) is 4. The van der Waals surface area contributed by atoms with Gasteiger partial charge in [0.05, 0.1) is 11.6 Å². The lowest BCUT2D eigenvalue weighted by Gasteiger charge is -2.08. The maximum Gasteiger partial charge on any atom is 0.164 e. The van der Waals surface area contributed by atoms with Crippen molar-refractivity contribution >= 4 is 32.7 Å². The fourth-order valence-electron chi connectivity index (χ4n) is 5.64. The van der Waals surface area contributed by atoms with E-state index in [1.165, 1.54) is 11.1 Å². The van der Waals surface area contributed by atoms with Gasteiger partial charge in [0.2, 0.25) is 0 Å². The molecule has 200 valence electrons. The first-order chi connectivity index (χ1) is 21.2. The minimum Gasteiger partial charge on any atom is -0.455 e. The highest BCUT2D eigenvalue weighted by Crippen LogP contribution is 2.40. The molecule has 2 heterocycles. The van der Waals surface area contributed by atoms with Crippen molar-refractivity contribution in [3.8, 4) is 51.4 Å². The Morgan fingerprint density at radius 3 is 1.70 bits per heavy atom. The summed E-state index contributed by atoms with van der Waals surface area (Å²) < 4.78 is 6.57. The summed E-state index contributed by atoms with van der Waals surface area (Å²) in [6.45, 7) is 0. The molecule has 0 aliphatic heterocycles. The van der Waals surface area contributed by atoms with Crippen molar-refractivity contribution in [2.45, 2.75) is 0 Å². The maximum atomic E-state index is 9.26. The van der Waals surface area contributed by atoms with Crippen molar-refractivity contribution in [3.05, 3.63) is 139 Å². The van der Waals surface area contributed by atoms with E-state index in [-0.39, 0.29) is 0 Å². The average Bonchev–Trinajstić information content (AvgIpc) is 3.46. The Hall–Kier alpha value is -6.12. The zero-order valence-corrected chi connectivity index (χ0v) is 22.9. The second-order valence-electron chi connectivity index (χ2n) is 10.4. The number of fused-ring (bicyclic) bond motifs is 5. The molecular weight excluding hydrogens is 528 g/mol. The first kappa shape index (κ1) is 24.7. The van der Waals surface area contributed by atoms with E-state index in [2.05, 4.69) is 66.7 Å². The first-order valence-electron chi connectivity index (χ1n) is 14.0. The third kappa shape index (κ3) is 4.30. The molecule has 5 nitrogen and oxygen atoms in total. The molecule has 0 atom stereocenters. The van der Waals surface area contributed by atoms with E-state index in [4.69, 9.17) is 19.4 Å². The van der Waals surface area contributed by atoms with Crippen LogP contribution in [0.25, 0.3) is 78.0 Å². The van der Waals surface area contributed by atoms with Crippen LogP contribution < -0.4 is 0 Å². The van der Waals surface area contributed by atoms with Crippen LogP contribution in [0.15, 0.2) is 138 Å². The van der Waals surface area contributed by atoms with Crippen LogP contribution in [0.2, 0.25) is 0 Å². The van der Waals surface area contributed by atoms with E-state index in [1.54, 1.807) is 12.1 Å². The summed E-state index contributed by atoms with van der Waals surface area (Å²) in [5.41, 5.74) is 7.09. The van der Waals surface area contributed by atoms with Gasteiger partial charge in [-0.3, -0.25) is 0 Å². The molecule has 2 aromatic heterocycles. The van der Waals surface area contributed by atoms with Crippen LogP contribution in [-0.2, 0) is 0 Å². The Bertz CT molecular complexity index is 2340. The molecule has 0 aliphatic carbocycles. The lowest BCUT2D eigenvalue weighted by Crippen LogP contribution is -2.00. The van der Waals surface area contributed by atoms with E-state index in [0.717, 1.165) is 49.4 Å². The van der Waals surface area contributed by atoms with Crippen LogP contribution in [0.5, 0.6) is 0 Å². The van der Waals surface area contributed by atoms with E-state index in [1.807, 2.05) is 60.7 Å². The minimum atomic E-state index is 0.538. The molecule has 0 unspecified atom stereocenters. The van der Waals surface area contributed by atoms with Gasteiger partial charge in [0, 0.05) is 32.8 Å². The SMILES string of the molecule is N#Cc1ccc(-c2nc(-c3ccccc3)nc(-c3ccc4c(c3)oc3c5ccccc5c(-c5ccccc5)cc43)n2)cc1. The predicted octanol–water partition coefficient (Wildman–Crippen LogP) is 9.46. The van der Waals surface area contributed by atoms with E-state index in [0.29, 0.717) is 23.0 Å². The summed E-state index contributed by atoms with van der Waals surface area (Å²) >= 11 is 0. The Morgan fingerprint density at radius 1 is 0.465 bits per heavy atom. The van der Waals surface area contributed by atoms with Gasteiger partial charge in [-0.2, -0.15) is 5.26 Å². The lowest BCUT2D eigenvalue weighted by atomic mass is 9.95. The monoisotopic (exact) mass is 550 g/mol. The Morgan fingerprint density at radius 2 is 1.02 bits per heavy atom. The molecule has 0 saturated heterocycles. The van der Waals surface area contributed by atoms with Crippen molar-refractivity contribution in [2.24, 2.45) is 0 Å².